The zero-order chi connectivity index (χ0) is 15.0. The molecule has 1 fully saturated rings. The van der Waals surface area contributed by atoms with Gasteiger partial charge in [0, 0.05) is 19.6 Å². The van der Waals surface area contributed by atoms with Crippen LogP contribution in [0.3, 0.4) is 0 Å². The first-order valence-electron chi connectivity index (χ1n) is 6.78. The monoisotopic (exact) mass is 298 g/mol. The Balaban J connectivity index is 2.31. The molecule has 0 atom stereocenters. The minimum atomic E-state index is -3.51. The molecule has 0 aromatic heterocycles. The second-order valence-electron chi connectivity index (χ2n) is 5.71. The van der Waals surface area contributed by atoms with Crippen LogP contribution in [0.4, 0.5) is 0 Å². The summed E-state index contributed by atoms with van der Waals surface area (Å²) in [5.41, 5.74) is 6.35. The van der Waals surface area contributed by atoms with Gasteiger partial charge in [-0.25, -0.2) is 8.42 Å². The Hall–Kier alpha value is -0.950. The van der Waals surface area contributed by atoms with Gasteiger partial charge in [0.1, 0.15) is 0 Å². The third-order valence-electron chi connectivity index (χ3n) is 3.91. The summed E-state index contributed by atoms with van der Waals surface area (Å²) in [5, 5.41) is 9.93. The Kier molecular flexibility index (Phi) is 4.20. The van der Waals surface area contributed by atoms with E-state index in [1.807, 2.05) is 6.07 Å². The van der Waals surface area contributed by atoms with Gasteiger partial charge >= 0.3 is 0 Å². The molecule has 20 heavy (non-hydrogen) atoms. The summed E-state index contributed by atoms with van der Waals surface area (Å²) in [5.74, 6) is 0. The second kappa shape index (κ2) is 5.44. The van der Waals surface area contributed by atoms with Crippen LogP contribution >= 0.6 is 0 Å². The van der Waals surface area contributed by atoms with Crippen LogP contribution in [0, 0.1) is 6.92 Å². The topological polar surface area (TPSA) is 83.6 Å². The van der Waals surface area contributed by atoms with Gasteiger partial charge < -0.3 is 10.8 Å². The van der Waals surface area contributed by atoms with Gasteiger partial charge in [0.15, 0.2) is 0 Å². The van der Waals surface area contributed by atoms with E-state index in [0.29, 0.717) is 37.4 Å². The number of aryl methyl sites for hydroxylation is 1. The average Bonchev–Trinajstić information content (AvgIpc) is 2.38. The lowest BCUT2D eigenvalue weighted by Crippen LogP contribution is -2.45. The molecule has 0 unspecified atom stereocenters. The summed E-state index contributed by atoms with van der Waals surface area (Å²) in [6.45, 7) is 4.55. The highest BCUT2D eigenvalue weighted by atomic mass is 32.2. The molecular weight excluding hydrogens is 276 g/mol. The van der Waals surface area contributed by atoms with Crippen molar-refractivity contribution in [2.24, 2.45) is 5.73 Å². The van der Waals surface area contributed by atoms with E-state index >= 15 is 0 Å². The second-order valence-corrected chi connectivity index (χ2v) is 7.61. The van der Waals surface area contributed by atoms with Crippen molar-refractivity contribution >= 4 is 10.0 Å². The predicted octanol–water partition coefficient (Wildman–Crippen LogP) is 0.989. The Morgan fingerprint density at radius 1 is 1.35 bits per heavy atom. The van der Waals surface area contributed by atoms with Gasteiger partial charge in [-0.05, 0) is 43.9 Å². The fourth-order valence-electron chi connectivity index (χ4n) is 2.40. The molecule has 1 aliphatic heterocycles. The number of nitrogens with zero attached hydrogens (tertiary/aromatic N) is 1. The van der Waals surface area contributed by atoms with Crippen molar-refractivity contribution < 1.29 is 13.5 Å². The number of hydrogen-bond donors (Lipinski definition) is 2. The van der Waals surface area contributed by atoms with E-state index < -0.39 is 15.6 Å². The SMILES string of the molecule is Cc1ccc(CN)cc1S(=O)(=O)N1CCC(C)(O)CC1. The molecule has 2 rings (SSSR count). The number of hydrogen-bond acceptors (Lipinski definition) is 4. The molecule has 0 spiro atoms. The zero-order valence-corrected chi connectivity index (χ0v) is 12.8. The molecular formula is C14H22N2O3S. The van der Waals surface area contributed by atoms with Crippen LogP contribution in [-0.4, -0.2) is 36.5 Å². The largest absolute Gasteiger partial charge is 0.390 e. The highest BCUT2D eigenvalue weighted by Gasteiger charge is 2.34. The van der Waals surface area contributed by atoms with E-state index in [-0.39, 0.29) is 0 Å². The number of piperidine rings is 1. The molecule has 1 saturated heterocycles. The molecule has 6 heteroatoms. The standard InChI is InChI=1S/C14H22N2O3S/c1-11-3-4-12(10-15)9-13(11)20(18,19)16-7-5-14(2,17)6-8-16/h3-4,9,17H,5-8,10,15H2,1-2H3. The number of aliphatic hydroxyl groups is 1. The molecule has 0 bridgehead atoms. The first-order chi connectivity index (χ1) is 9.26. The molecule has 0 aliphatic carbocycles. The van der Waals surface area contributed by atoms with E-state index in [0.717, 1.165) is 11.1 Å². The van der Waals surface area contributed by atoms with Crippen molar-refractivity contribution in [1.29, 1.82) is 0 Å². The lowest BCUT2D eigenvalue weighted by molar-refractivity contribution is 0.0126. The van der Waals surface area contributed by atoms with Crippen LogP contribution in [0.15, 0.2) is 23.1 Å². The predicted molar refractivity (Wildman–Crippen MR) is 77.7 cm³/mol. The lowest BCUT2D eigenvalue weighted by atomic mass is 9.95. The molecule has 0 radical (unpaired) electrons. The van der Waals surface area contributed by atoms with Crippen molar-refractivity contribution in [2.45, 2.75) is 43.7 Å². The van der Waals surface area contributed by atoms with E-state index in [2.05, 4.69) is 0 Å². The quantitative estimate of drug-likeness (QED) is 0.871. The summed E-state index contributed by atoms with van der Waals surface area (Å²) in [6, 6.07) is 5.28. The average molecular weight is 298 g/mol. The molecule has 112 valence electrons. The van der Waals surface area contributed by atoms with Crippen LogP contribution in [-0.2, 0) is 16.6 Å². The summed E-state index contributed by atoms with van der Waals surface area (Å²) in [6.07, 6.45) is 0.920. The van der Waals surface area contributed by atoms with Gasteiger partial charge in [-0.2, -0.15) is 4.31 Å². The molecule has 5 nitrogen and oxygen atoms in total. The first-order valence-corrected chi connectivity index (χ1v) is 8.22. The van der Waals surface area contributed by atoms with Crippen LogP contribution in [0.2, 0.25) is 0 Å². The molecule has 1 aliphatic rings. The Bertz CT molecular complexity index is 586. The molecule has 1 heterocycles. The lowest BCUT2D eigenvalue weighted by Gasteiger charge is -2.35. The van der Waals surface area contributed by atoms with Crippen LogP contribution in [0.1, 0.15) is 30.9 Å². The Morgan fingerprint density at radius 2 is 1.95 bits per heavy atom. The Morgan fingerprint density at radius 3 is 2.50 bits per heavy atom. The fraction of sp³-hybridized carbons (Fsp3) is 0.571. The van der Waals surface area contributed by atoms with Gasteiger partial charge in [-0.15, -0.1) is 0 Å². The molecule has 3 N–H and O–H groups in total. The molecule has 0 saturated carbocycles. The fourth-order valence-corrected chi connectivity index (χ4v) is 4.11. The minimum absolute atomic E-state index is 0.317. The van der Waals surface area contributed by atoms with Crippen molar-refractivity contribution in [3.63, 3.8) is 0 Å². The minimum Gasteiger partial charge on any atom is -0.390 e. The van der Waals surface area contributed by atoms with E-state index in [4.69, 9.17) is 5.73 Å². The number of benzene rings is 1. The van der Waals surface area contributed by atoms with Gasteiger partial charge in [0.25, 0.3) is 0 Å². The third kappa shape index (κ3) is 3.03. The van der Waals surface area contributed by atoms with Crippen molar-refractivity contribution in [3.05, 3.63) is 29.3 Å². The van der Waals surface area contributed by atoms with Crippen molar-refractivity contribution in [2.75, 3.05) is 13.1 Å². The van der Waals surface area contributed by atoms with Gasteiger partial charge in [0.05, 0.1) is 10.5 Å². The normalized spacial score (nSPS) is 20.0. The summed E-state index contributed by atoms with van der Waals surface area (Å²) in [4.78, 5) is 0.321. The smallest absolute Gasteiger partial charge is 0.243 e. The van der Waals surface area contributed by atoms with Crippen LogP contribution < -0.4 is 5.73 Å². The maximum absolute atomic E-state index is 12.7. The van der Waals surface area contributed by atoms with Gasteiger partial charge in [-0.1, -0.05) is 12.1 Å². The molecule has 0 amide bonds. The maximum Gasteiger partial charge on any atom is 0.243 e. The first kappa shape index (κ1) is 15.4. The Labute approximate surface area is 120 Å². The summed E-state index contributed by atoms with van der Waals surface area (Å²) >= 11 is 0. The van der Waals surface area contributed by atoms with Gasteiger partial charge in [-0.3, -0.25) is 0 Å². The van der Waals surface area contributed by atoms with E-state index in [9.17, 15) is 13.5 Å². The summed E-state index contributed by atoms with van der Waals surface area (Å²) < 4.78 is 26.8. The molecule has 1 aromatic rings. The highest BCUT2D eigenvalue weighted by Crippen LogP contribution is 2.28. The third-order valence-corrected chi connectivity index (χ3v) is 5.95. The van der Waals surface area contributed by atoms with Crippen molar-refractivity contribution in [3.8, 4) is 0 Å². The number of nitrogens with two attached hydrogens (primary N) is 1. The molecule has 1 aromatic carbocycles. The summed E-state index contributed by atoms with van der Waals surface area (Å²) in [7, 11) is -3.51. The number of sulfonamides is 1. The van der Waals surface area contributed by atoms with E-state index in [1.54, 1.807) is 26.0 Å². The highest BCUT2D eigenvalue weighted by molar-refractivity contribution is 7.89. The maximum atomic E-state index is 12.7. The van der Waals surface area contributed by atoms with Crippen molar-refractivity contribution in [1.82, 2.24) is 4.31 Å². The van der Waals surface area contributed by atoms with E-state index in [1.165, 1.54) is 4.31 Å². The zero-order valence-electron chi connectivity index (χ0n) is 12.0. The van der Waals surface area contributed by atoms with Crippen LogP contribution in [0.5, 0.6) is 0 Å². The number of rotatable bonds is 3. The van der Waals surface area contributed by atoms with Gasteiger partial charge in [0.2, 0.25) is 10.0 Å². The van der Waals surface area contributed by atoms with Crippen LogP contribution in [0.25, 0.3) is 0 Å².